The molecule has 0 bridgehead atoms. The molecule has 9 heteroatoms. The molecular weight excluding hydrogens is 445 g/mol. The standard InChI is InChI=1S/C24H24FN3O4S/c1-32-22-10-8-21(9-11-22)27-14-16-28(17-15-27)24(29)18-2-12-23(13-3-18)33(30,31)26-20-6-4-19(25)5-7-20/h2-13,26H,14-17H2,1H3. The Labute approximate surface area is 192 Å². The quantitative estimate of drug-likeness (QED) is 0.597. The average molecular weight is 470 g/mol. The number of benzene rings is 3. The van der Waals surface area contributed by atoms with Crippen molar-refractivity contribution >= 4 is 27.3 Å². The summed E-state index contributed by atoms with van der Waals surface area (Å²) in [6.45, 7) is 2.53. The number of rotatable bonds is 6. The molecule has 0 radical (unpaired) electrons. The van der Waals surface area contributed by atoms with E-state index in [9.17, 15) is 17.6 Å². The molecule has 4 rings (SSSR count). The maximum Gasteiger partial charge on any atom is 0.261 e. The average Bonchev–Trinajstić information content (AvgIpc) is 2.85. The normalized spacial score (nSPS) is 14.1. The highest BCUT2D eigenvalue weighted by atomic mass is 32.2. The molecule has 0 aromatic heterocycles. The third kappa shape index (κ3) is 5.25. The first-order chi connectivity index (χ1) is 15.9. The molecule has 1 amide bonds. The van der Waals surface area contributed by atoms with Crippen molar-refractivity contribution in [2.24, 2.45) is 0 Å². The molecule has 1 fully saturated rings. The van der Waals surface area contributed by atoms with Gasteiger partial charge < -0.3 is 14.5 Å². The van der Waals surface area contributed by atoms with Crippen LogP contribution in [0.3, 0.4) is 0 Å². The van der Waals surface area contributed by atoms with Gasteiger partial charge in [-0.25, -0.2) is 12.8 Å². The summed E-state index contributed by atoms with van der Waals surface area (Å²) in [7, 11) is -2.22. The van der Waals surface area contributed by atoms with Gasteiger partial charge in [0.25, 0.3) is 15.9 Å². The number of nitrogens with zero attached hydrogens (tertiary/aromatic N) is 2. The SMILES string of the molecule is COc1ccc(N2CCN(C(=O)c3ccc(S(=O)(=O)Nc4ccc(F)cc4)cc3)CC2)cc1. The van der Waals surface area contributed by atoms with Crippen LogP contribution in [0.2, 0.25) is 0 Å². The zero-order valence-corrected chi connectivity index (χ0v) is 18.9. The van der Waals surface area contributed by atoms with Crippen molar-refractivity contribution < 1.29 is 22.3 Å². The molecule has 3 aromatic rings. The van der Waals surface area contributed by atoms with Gasteiger partial charge in [0, 0.05) is 43.1 Å². The summed E-state index contributed by atoms with van der Waals surface area (Å²) < 4.78 is 45.8. The summed E-state index contributed by atoms with van der Waals surface area (Å²) in [6.07, 6.45) is 0. The van der Waals surface area contributed by atoms with E-state index in [0.717, 1.165) is 11.4 Å². The van der Waals surface area contributed by atoms with Gasteiger partial charge in [-0.15, -0.1) is 0 Å². The summed E-state index contributed by atoms with van der Waals surface area (Å²) in [4.78, 5) is 16.9. The molecule has 7 nitrogen and oxygen atoms in total. The Kier molecular flexibility index (Phi) is 6.50. The second-order valence-corrected chi connectivity index (χ2v) is 9.30. The molecule has 1 aliphatic rings. The molecule has 3 aromatic carbocycles. The Morgan fingerprint density at radius 1 is 0.879 bits per heavy atom. The van der Waals surface area contributed by atoms with Gasteiger partial charge in [0.2, 0.25) is 0 Å². The highest BCUT2D eigenvalue weighted by Crippen LogP contribution is 2.22. The zero-order valence-electron chi connectivity index (χ0n) is 18.1. The van der Waals surface area contributed by atoms with Crippen molar-refractivity contribution in [1.82, 2.24) is 4.90 Å². The van der Waals surface area contributed by atoms with E-state index in [1.807, 2.05) is 24.3 Å². The van der Waals surface area contributed by atoms with Crippen molar-refractivity contribution in [2.75, 3.05) is 42.9 Å². The molecule has 0 saturated carbocycles. The second kappa shape index (κ2) is 9.50. The van der Waals surface area contributed by atoms with Crippen molar-refractivity contribution in [3.8, 4) is 5.75 Å². The number of methoxy groups -OCH3 is 1. The van der Waals surface area contributed by atoms with Crippen LogP contribution in [-0.4, -0.2) is 52.5 Å². The fraction of sp³-hybridized carbons (Fsp3) is 0.208. The van der Waals surface area contributed by atoms with E-state index in [2.05, 4.69) is 9.62 Å². The zero-order chi connectivity index (χ0) is 23.4. The predicted octanol–water partition coefficient (Wildman–Crippen LogP) is 3.60. The highest BCUT2D eigenvalue weighted by molar-refractivity contribution is 7.92. The number of hydrogen-bond donors (Lipinski definition) is 1. The molecule has 1 saturated heterocycles. The lowest BCUT2D eigenvalue weighted by molar-refractivity contribution is 0.0746. The molecule has 0 aliphatic carbocycles. The molecule has 1 heterocycles. The third-order valence-electron chi connectivity index (χ3n) is 5.51. The Bertz CT molecular complexity index is 1210. The van der Waals surface area contributed by atoms with Crippen LogP contribution in [0.15, 0.2) is 77.7 Å². The van der Waals surface area contributed by atoms with E-state index in [1.165, 1.54) is 48.5 Å². The van der Waals surface area contributed by atoms with Gasteiger partial charge in [-0.1, -0.05) is 0 Å². The van der Waals surface area contributed by atoms with Crippen molar-refractivity contribution in [2.45, 2.75) is 4.90 Å². The molecule has 0 spiro atoms. The Hall–Kier alpha value is -3.59. The van der Waals surface area contributed by atoms with Gasteiger partial charge in [-0.3, -0.25) is 9.52 Å². The minimum absolute atomic E-state index is 0.0210. The van der Waals surface area contributed by atoms with Crippen LogP contribution >= 0.6 is 0 Å². The lowest BCUT2D eigenvalue weighted by Crippen LogP contribution is -2.48. The molecule has 33 heavy (non-hydrogen) atoms. The van der Waals surface area contributed by atoms with Crippen LogP contribution in [0.1, 0.15) is 10.4 Å². The molecule has 1 N–H and O–H groups in total. The van der Waals surface area contributed by atoms with Gasteiger partial charge in [0.1, 0.15) is 11.6 Å². The fourth-order valence-corrected chi connectivity index (χ4v) is 4.71. The summed E-state index contributed by atoms with van der Waals surface area (Å²) in [5.41, 5.74) is 1.76. The largest absolute Gasteiger partial charge is 0.497 e. The predicted molar refractivity (Wildman–Crippen MR) is 125 cm³/mol. The maximum atomic E-state index is 13.0. The van der Waals surface area contributed by atoms with Crippen molar-refractivity contribution in [1.29, 1.82) is 0 Å². The number of carbonyl (C=O) groups is 1. The van der Waals surface area contributed by atoms with E-state index in [4.69, 9.17) is 4.74 Å². The second-order valence-electron chi connectivity index (χ2n) is 7.61. The molecule has 0 unspecified atom stereocenters. The van der Waals surface area contributed by atoms with Gasteiger partial charge in [-0.2, -0.15) is 0 Å². The fourth-order valence-electron chi connectivity index (χ4n) is 3.65. The Morgan fingerprint density at radius 3 is 2.06 bits per heavy atom. The van der Waals surface area contributed by atoms with E-state index in [-0.39, 0.29) is 16.5 Å². The lowest BCUT2D eigenvalue weighted by atomic mass is 10.1. The number of anilines is 2. The number of halogens is 1. The van der Waals surface area contributed by atoms with Crippen LogP contribution in [0, 0.1) is 5.82 Å². The highest BCUT2D eigenvalue weighted by Gasteiger charge is 2.23. The first-order valence-electron chi connectivity index (χ1n) is 10.4. The van der Waals surface area contributed by atoms with E-state index in [1.54, 1.807) is 12.0 Å². The van der Waals surface area contributed by atoms with Crippen LogP contribution in [0.4, 0.5) is 15.8 Å². The van der Waals surface area contributed by atoms with Crippen molar-refractivity contribution in [3.05, 3.63) is 84.2 Å². The first-order valence-corrected chi connectivity index (χ1v) is 11.9. The lowest BCUT2D eigenvalue weighted by Gasteiger charge is -2.36. The van der Waals surface area contributed by atoms with Gasteiger partial charge in [-0.05, 0) is 72.8 Å². The van der Waals surface area contributed by atoms with Gasteiger partial charge >= 0.3 is 0 Å². The summed E-state index contributed by atoms with van der Waals surface area (Å²) in [6, 6.07) is 18.7. The molecular formula is C24H24FN3O4S. The minimum atomic E-state index is -3.85. The van der Waals surface area contributed by atoms with Crippen LogP contribution in [-0.2, 0) is 10.0 Å². The van der Waals surface area contributed by atoms with E-state index in [0.29, 0.717) is 31.7 Å². The number of nitrogens with one attached hydrogen (secondary N) is 1. The van der Waals surface area contributed by atoms with Crippen LogP contribution in [0.5, 0.6) is 5.75 Å². The van der Waals surface area contributed by atoms with E-state index < -0.39 is 15.8 Å². The Morgan fingerprint density at radius 2 is 1.48 bits per heavy atom. The number of hydrogen-bond acceptors (Lipinski definition) is 5. The van der Waals surface area contributed by atoms with Gasteiger partial charge in [0.05, 0.1) is 12.0 Å². The number of ether oxygens (including phenoxy) is 1. The molecule has 172 valence electrons. The maximum absolute atomic E-state index is 13.0. The summed E-state index contributed by atoms with van der Waals surface area (Å²) >= 11 is 0. The molecule has 0 atom stereocenters. The van der Waals surface area contributed by atoms with Gasteiger partial charge in [0.15, 0.2) is 0 Å². The van der Waals surface area contributed by atoms with E-state index >= 15 is 0 Å². The monoisotopic (exact) mass is 469 g/mol. The van der Waals surface area contributed by atoms with Crippen molar-refractivity contribution in [3.63, 3.8) is 0 Å². The smallest absolute Gasteiger partial charge is 0.261 e. The van der Waals surface area contributed by atoms with Crippen LogP contribution < -0.4 is 14.4 Å². The number of piperazine rings is 1. The van der Waals surface area contributed by atoms with Crippen LogP contribution in [0.25, 0.3) is 0 Å². The summed E-state index contributed by atoms with van der Waals surface area (Å²) in [5, 5.41) is 0. The number of amides is 1. The minimum Gasteiger partial charge on any atom is -0.497 e. The number of sulfonamides is 1. The number of carbonyl (C=O) groups excluding carboxylic acids is 1. The Balaban J connectivity index is 1.37. The third-order valence-corrected chi connectivity index (χ3v) is 6.91. The molecule has 1 aliphatic heterocycles. The first kappa shape index (κ1) is 22.6. The summed E-state index contributed by atoms with van der Waals surface area (Å²) in [5.74, 6) is 0.205. The topological polar surface area (TPSA) is 79.0 Å².